The molecule has 1 fully saturated rings. The van der Waals surface area contributed by atoms with Crippen LogP contribution in [0.2, 0.25) is 0 Å². The molecule has 128 valence electrons. The number of carbonyl (C=O) groups excluding carboxylic acids is 1. The number of nitrogens with two attached hydrogens (primary N) is 1. The van der Waals surface area contributed by atoms with E-state index in [2.05, 4.69) is 16.5 Å². The molecule has 2 rings (SSSR count). The minimum Gasteiger partial charge on any atom is -0.405 e. The van der Waals surface area contributed by atoms with Gasteiger partial charge in [-0.1, -0.05) is 12.7 Å². The normalized spacial score (nSPS) is 15.4. The summed E-state index contributed by atoms with van der Waals surface area (Å²) >= 11 is 0. The number of aromatic nitrogens is 2. The van der Waals surface area contributed by atoms with Crippen molar-refractivity contribution < 1.29 is 9.72 Å². The molecule has 2 heterocycles. The molecule has 1 aliphatic heterocycles. The molecular formula is C15H20N6O3. The first-order valence-corrected chi connectivity index (χ1v) is 7.40. The Morgan fingerprint density at radius 2 is 1.96 bits per heavy atom. The van der Waals surface area contributed by atoms with Crippen molar-refractivity contribution in [1.29, 1.82) is 0 Å². The SMILES string of the molecule is C=C(/C=C\C=C/N)N1CCN(C(=O)c2nc([N+](=O)[O-])cn2C)CC1. The van der Waals surface area contributed by atoms with Gasteiger partial charge in [0.1, 0.15) is 6.20 Å². The van der Waals surface area contributed by atoms with Gasteiger partial charge in [-0.3, -0.25) is 4.79 Å². The predicted octanol–water partition coefficient (Wildman–Crippen LogP) is 0.628. The molecule has 9 nitrogen and oxygen atoms in total. The molecule has 1 amide bonds. The smallest absolute Gasteiger partial charge is 0.382 e. The summed E-state index contributed by atoms with van der Waals surface area (Å²) in [6.07, 6.45) is 8.03. The van der Waals surface area contributed by atoms with Gasteiger partial charge in [-0.2, -0.15) is 0 Å². The highest BCUT2D eigenvalue weighted by atomic mass is 16.6. The predicted molar refractivity (Wildman–Crippen MR) is 88.9 cm³/mol. The van der Waals surface area contributed by atoms with Crippen LogP contribution in [-0.2, 0) is 7.05 Å². The van der Waals surface area contributed by atoms with Crippen LogP contribution in [-0.4, -0.2) is 56.4 Å². The van der Waals surface area contributed by atoms with Gasteiger partial charge in [0, 0.05) is 38.9 Å². The molecule has 1 aromatic rings. The highest BCUT2D eigenvalue weighted by Crippen LogP contribution is 2.15. The van der Waals surface area contributed by atoms with E-state index in [1.54, 1.807) is 24.1 Å². The molecule has 24 heavy (non-hydrogen) atoms. The number of aryl methyl sites for hydroxylation is 1. The number of imidazole rings is 1. The molecule has 0 radical (unpaired) electrons. The maximum Gasteiger partial charge on any atom is 0.382 e. The highest BCUT2D eigenvalue weighted by Gasteiger charge is 2.29. The summed E-state index contributed by atoms with van der Waals surface area (Å²) in [5, 5.41) is 10.8. The van der Waals surface area contributed by atoms with E-state index in [1.807, 2.05) is 6.08 Å². The Labute approximate surface area is 139 Å². The Kier molecular flexibility index (Phi) is 5.35. The fourth-order valence-electron chi connectivity index (χ4n) is 2.41. The fourth-order valence-corrected chi connectivity index (χ4v) is 2.41. The average molecular weight is 332 g/mol. The third kappa shape index (κ3) is 3.80. The van der Waals surface area contributed by atoms with Crippen molar-refractivity contribution in [2.75, 3.05) is 26.2 Å². The summed E-state index contributed by atoms with van der Waals surface area (Å²) in [6, 6.07) is 0. The lowest BCUT2D eigenvalue weighted by atomic mass is 10.2. The molecule has 2 N–H and O–H groups in total. The van der Waals surface area contributed by atoms with Gasteiger partial charge in [-0.25, -0.2) is 0 Å². The summed E-state index contributed by atoms with van der Waals surface area (Å²) in [6.45, 7) is 6.25. The monoisotopic (exact) mass is 332 g/mol. The number of rotatable bonds is 5. The van der Waals surface area contributed by atoms with Crippen molar-refractivity contribution in [3.8, 4) is 0 Å². The van der Waals surface area contributed by atoms with Crippen LogP contribution in [0.15, 0.2) is 42.9 Å². The molecule has 0 unspecified atom stereocenters. The molecule has 9 heteroatoms. The fraction of sp³-hybridized carbons (Fsp3) is 0.333. The van der Waals surface area contributed by atoms with Gasteiger partial charge in [0.25, 0.3) is 0 Å². The van der Waals surface area contributed by atoms with Gasteiger partial charge in [0.05, 0.1) is 0 Å². The van der Waals surface area contributed by atoms with E-state index in [9.17, 15) is 14.9 Å². The van der Waals surface area contributed by atoms with Gasteiger partial charge >= 0.3 is 17.5 Å². The summed E-state index contributed by atoms with van der Waals surface area (Å²) in [5.74, 6) is -0.564. The number of nitrogens with zero attached hydrogens (tertiary/aromatic N) is 5. The van der Waals surface area contributed by atoms with Gasteiger partial charge in [-0.05, 0) is 28.3 Å². The third-order valence-electron chi connectivity index (χ3n) is 3.73. The number of piperazine rings is 1. The number of hydrogen-bond donors (Lipinski definition) is 1. The van der Waals surface area contributed by atoms with Crippen molar-refractivity contribution in [2.45, 2.75) is 0 Å². The zero-order valence-corrected chi connectivity index (χ0v) is 13.5. The first kappa shape index (κ1) is 17.3. The third-order valence-corrected chi connectivity index (χ3v) is 3.73. The van der Waals surface area contributed by atoms with Gasteiger partial charge < -0.3 is 30.2 Å². The molecule has 1 aromatic heterocycles. The van der Waals surface area contributed by atoms with Crippen LogP contribution in [0.3, 0.4) is 0 Å². The van der Waals surface area contributed by atoms with E-state index in [4.69, 9.17) is 5.73 Å². The van der Waals surface area contributed by atoms with Gasteiger partial charge in [-0.15, -0.1) is 0 Å². The zero-order chi connectivity index (χ0) is 17.7. The van der Waals surface area contributed by atoms with Crippen molar-refractivity contribution >= 4 is 11.7 Å². The molecule has 0 saturated carbocycles. The van der Waals surface area contributed by atoms with E-state index >= 15 is 0 Å². The summed E-state index contributed by atoms with van der Waals surface area (Å²) < 4.78 is 1.38. The molecule has 0 aliphatic carbocycles. The first-order valence-electron chi connectivity index (χ1n) is 7.40. The molecule has 0 spiro atoms. The Morgan fingerprint density at radius 1 is 1.33 bits per heavy atom. The number of amides is 1. The van der Waals surface area contributed by atoms with Crippen LogP contribution >= 0.6 is 0 Å². The van der Waals surface area contributed by atoms with Crippen molar-refractivity contribution in [3.05, 3.63) is 58.8 Å². The number of hydrogen-bond acceptors (Lipinski definition) is 6. The first-order chi connectivity index (χ1) is 11.4. The number of nitro groups is 1. The van der Waals surface area contributed by atoms with E-state index in [1.165, 1.54) is 17.0 Å². The Balaban J connectivity index is 1.98. The maximum atomic E-state index is 12.5. The van der Waals surface area contributed by atoms with Crippen LogP contribution in [0.1, 0.15) is 10.6 Å². The molecular weight excluding hydrogens is 312 g/mol. The second kappa shape index (κ2) is 7.44. The molecule has 1 saturated heterocycles. The number of allylic oxidation sites excluding steroid dienone is 3. The minimum absolute atomic E-state index is 0.0713. The zero-order valence-electron chi connectivity index (χ0n) is 13.5. The highest BCUT2D eigenvalue weighted by molar-refractivity contribution is 5.91. The summed E-state index contributed by atoms with van der Waals surface area (Å²) in [5.41, 5.74) is 6.10. The standard InChI is InChI=1S/C15H20N6O3/c1-12(5-3-4-6-16)19-7-9-20(10-8-19)15(22)14-17-13(21(23)24)11-18(14)2/h3-6,11H,1,7-10,16H2,2H3/b5-3-,6-4-. The van der Waals surface area contributed by atoms with Crippen LogP contribution in [0.5, 0.6) is 0 Å². The van der Waals surface area contributed by atoms with Crippen LogP contribution in [0, 0.1) is 10.1 Å². The topological polar surface area (TPSA) is 111 Å². The summed E-state index contributed by atoms with van der Waals surface area (Å²) in [7, 11) is 1.57. The van der Waals surface area contributed by atoms with Gasteiger partial charge in [0.2, 0.25) is 0 Å². The number of carbonyl (C=O) groups is 1. The van der Waals surface area contributed by atoms with Crippen LogP contribution in [0.25, 0.3) is 0 Å². The summed E-state index contributed by atoms with van der Waals surface area (Å²) in [4.78, 5) is 30.1. The lowest BCUT2D eigenvalue weighted by Crippen LogP contribution is -2.48. The molecule has 0 aromatic carbocycles. The van der Waals surface area contributed by atoms with Gasteiger partial charge in [0.15, 0.2) is 0 Å². The van der Waals surface area contributed by atoms with Crippen LogP contribution < -0.4 is 5.73 Å². The van der Waals surface area contributed by atoms with Crippen molar-refractivity contribution in [1.82, 2.24) is 19.4 Å². The maximum absolute atomic E-state index is 12.5. The largest absolute Gasteiger partial charge is 0.405 e. The van der Waals surface area contributed by atoms with Crippen molar-refractivity contribution in [2.24, 2.45) is 12.8 Å². The lowest BCUT2D eigenvalue weighted by Gasteiger charge is -2.35. The van der Waals surface area contributed by atoms with Crippen LogP contribution in [0.4, 0.5) is 5.82 Å². The van der Waals surface area contributed by atoms with E-state index in [0.29, 0.717) is 26.2 Å². The average Bonchev–Trinajstić information content (AvgIpc) is 2.96. The molecule has 1 aliphatic rings. The minimum atomic E-state index is -0.610. The Bertz CT molecular complexity index is 698. The quantitative estimate of drug-likeness (QED) is 0.481. The van der Waals surface area contributed by atoms with E-state index in [-0.39, 0.29) is 17.5 Å². The van der Waals surface area contributed by atoms with E-state index < -0.39 is 4.92 Å². The molecule has 0 atom stereocenters. The lowest BCUT2D eigenvalue weighted by molar-refractivity contribution is -0.389. The Hall–Kier alpha value is -3.10. The van der Waals surface area contributed by atoms with E-state index in [0.717, 1.165) is 5.70 Å². The molecule has 0 bridgehead atoms. The van der Waals surface area contributed by atoms with Crippen molar-refractivity contribution in [3.63, 3.8) is 0 Å². The Morgan fingerprint density at radius 3 is 2.50 bits per heavy atom. The second-order valence-corrected chi connectivity index (χ2v) is 5.31. The second-order valence-electron chi connectivity index (χ2n) is 5.31.